The molecule has 0 fully saturated rings. The SMILES string of the molecule is CCSc1sccc1[C@@H]1C(C#N)=C(N)N(c2cc(C)ccc2Br)C2=C1C(=O)CCC2. The fourth-order valence-electron chi connectivity index (χ4n) is 4.23. The van der Waals surface area contributed by atoms with E-state index in [1.165, 1.54) is 0 Å². The molecule has 0 saturated carbocycles. The second kappa shape index (κ2) is 8.62. The molecule has 0 spiro atoms. The molecular weight excluding hydrogens is 478 g/mol. The highest BCUT2D eigenvalue weighted by Crippen LogP contribution is 2.50. The third-order valence-corrected chi connectivity index (χ3v) is 8.32. The highest BCUT2D eigenvalue weighted by molar-refractivity contribution is 9.10. The van der Waals surface area contributed by atoms with Gasteiger partial charge in [-0.05, 0) is 76.2 Å². The molecule has 1 aromatic heterocycles. The summed E-state index contributed by atoms with van der Waals surface area (Å²) in [4.78, 5) is 15.2. The quantitative estimate of drug-likeness (QED) is 0.504. The molecule has 2 heterocycles. The number of nitrogens with zero attached hydrogens (tertiary/aromatic N) is 2. The molecule has 4 rings (SSSR count). The Balaban J connectivity index is 1.99. The average molecular weight is 500 g/mol. The van der Waals surface area contributed by atoms with Crippen LogP contribution in [0.3, 0.4) is 0 Å². The van der Waals surface area contributed by atoms with Gasteiger partial charge >= 0.3 is 0 Å². The fraction of sp³-hybridized carbons (Fsp3) is 0.304. The number of benzene rings is 1. The number of aryl methyl sites for hydroxylation is 1. The summed E-state index contributed by atoms with van der Waals surface area (Å²) in [6.45, 7) is 4.13. The number of carbonyl (C=O) groups excluding carboxylic acids is 1. The largest absolute Gasteiger partial charge is 0.384 e. The molecule has 1 aliphatic carbocycles. The van der Waals surface area contributed by atoms with Crippen LogP contribution in [0.25, 0.3) is 0 Å². The molecule has 0 unspecified atom stereocenters. The summed E-state index contributed by atoms with van der Waals surface area (Å²) in [6, 6.07) is 10.4. The first-order chi connectivity index (χ1) is 14.5. The molecule has 1 aliphatic heterocycles. The maximum Gasteiger partial charge on any atom is 0.161 e. The lowest BCUT2D eigenvalue weighted by Gasteiger charge is -2.40. The predicted octanol–water partition coefficient (Wildman–Crippen LogP) is 6.24. The lowest BCUT2D eigenvalue weighted by molar-refractivity contribution is -0.116. The highest BCUT2D eigenvalue weighted by Gasteiger charge is 2.41. The van der Waals surface area contributed by atoms with Gasteiger partial charge in [-0.15, -0.1) is 23.1 Å². The molecule has 1 atom stereocenters. The Morgan fingerprint density at radius 3 is 2.90 bits per heavy atom. The van der Waals surface area contributed by atoms with Gasteiger partial charge < -0.3 is 5.73 Å². The number of nitrogens with two attached hydrogens (primary N) is 1. The van der Waals surface area contributed by atoms with E-state index in [0.29, 0.717) is 17.8 Å². The van der Waals surface area contributed by atoms with Crippen molar-refractivity contribution < 1.29 is 4.79 Å². The van der Waals surface area contributed by atoms with Gasteiger partial charge in [0.05, 0.1) is 27.5 Å². The Hall–Kier alpha value is -2.01. The first-order valence-corrected chi connectivity index (χ1v) is 12.6. The maximum absolute atomic E-state index is 13.2. The second-order valence-electron chi connectivity index (χ2n) is 7.37. The van der Waals surface area contributed by atoms with Crippen LogP contribution in [0.2, 0.25) is 0 Å². The van der Waals surface area contributed by atoms with E-state index in [-0.39, 0.29) is 5.78 Å². The van der Waals surface area contributed by atoms with Gasteiger partial charge in [-0.25, -0.2) is 0 Å². The van der Waals surface area contributed by atoms with E-state index in [1.807, 2.05) is 41.5 Å². The Bertz CT molecular complexity index is 1130. The van der Waals surface area contributed by atoms with Crippen molar-refractivity contribution in [3.05, 3.63) is 67.9 Å². The van der Waals surface area contributed by atoms with Crippen LogP contribution in [-0.4, -0.2) is 11.5 Å². The van der Waals surface area contributed by atoms with E-state index in [0.717, 1.165) is 55.4 Å². The van der Waals surface area contributed by atoms with Crippen LogP contribution in [0.4, 0.5) is 5.69 Å². The summed E-state index contributed by atoms with van der Waals surface area (Å²) < 4.78 is 2.04. The summed E-state index contributed by atoms with van der Waals surface area (Å²) in [7, 11) is 0. The number of anilines is 1. The predicted molar refractivity (Wildman–Crippen MR) is 128 cm³/mol. The van der Waals surface area contributed by atoms with Crippen molar-refractivity contribution in [2.45, 2.75) is 43.2 Å². The smallest absolute Gasteiger partial charge is 0.161 e. The number of carbonyl (C=O) groups is 1. The van der Waals surface area contributed by atoms with E-state index in [9.17, 15) is 10.1 Å². The molecule has 2 aliphatic rings. The first kappa shape index (κ1) is 21.2. The molecule has 1 aromatic carbocycles. The van der Waals surface area contributed by atoms with Crippen molar-refractivity contribution in [3.8, 4) is 6.07 Å². The lowest BCUT2D eigenvalue weighted by Crippen LogP contribution is -2.39. The lowest BCUT2D eigenvalue weighted by atomic mass is 9.76. The van der Waals surface area contributed by atoms with E-state index in [1.54, 1.807) is 23.1 Å². The van der Waals surface area contributed by atoms with Gasteiger partial charge in [0.2, 0.25) is 0 Å². The number of allylic oxidation sites excluding steroid dienone is 3. The van der Waals surface area contributed by atoms with Crippen molar-refractivity contribution in [1.29, 1.82) is 5.26 Å². The monoisotopic (exact) mass is 499 g/mol. The van der Waals surface area contributed by atoms with E-state index in [4.69, 9.17) is 5.73 Å². The molecular formula is C23H22BrN3OS2. The van der Waals surface area contributed by atoms with Gasteiger partial charge in [-0.2, -0.15) is 5.26 Å². The van der Waals surface area contributed by atoms with Gasteiger partial charge in [0.1, 0.15) is 5.82 Å². The zero-order chi connectivity index (χ0) is 21.4. The topological polar surface area (TPSA) is 70.1 Å². The number of halogens is 1. The molecule has 154 valence electrons. The summed E-state index contributed by atoms with van der Waals surface area (Å²) in [5, 5.41) is 12.2. The number of ketones is 1. The van der Waals surface area contributed by atoms with Gasteiger partial charge in [0.25, 0.3) is 0 Å². The average Bonchev–Trinajstić information content (AvgIpc) is 3.18. The van der Waals surface area contributed by atoms with Gasteiger partial charge in [0.15, 0.2) is 5.78 Å². The Labute approximate surface area is 193 Å². The van der Waals surface area contributed by atoms with Crippen molar-refractivity contribution in [2.24, 2.45) is 5.73 Å². The number of hydrogen-bond acceptors (Lipinski definition) is 6. The van der Waals surface area contributed by atoms with E-state index >= 15 is 0 Å². The molecule has 0 bridgehead atoms. The zero-order valence-electron chi connectivity index (χ0n) is 16.9. The summed E-state index contributed by atoms with van der Waals surface area (Å²) in [5.74, 6) is 1.08. The van der Waals surface area contributed by atoms with Crippen LogP contribution in [-0.2, 0) is 4.79 Å². The molecule has 2 N–H and O–H groups in total. The minimum Gasteiger partial charge on any atom is -0.384 e. The van der Waals surface area contributed by atoms with Crippen LogP contribution in [0.1, 0.15) is 43.2 Å². The Morgan fingerprint density at radius 2 is 2.17 bits per heavy atom. The number of thiophene rings is 1. The molecule has 7 heteroatoms. The van der Waals surface area contributed by atoms with E-state index < -0.39 is 5.92 Å². The zero-order valence-corrected chi connectivity index (χ0v) is 20.1. The van der Waals surface area contributed by atoms with Gasteiger partial charge in [0, 0.05) is 22.2 Å². The normalized spacial score (nSPS) is 19.2. The molecule has 4 nitrogen and oxygen atoms in total. The number of hydrogen-bond donors (Lipinski definition) is 1. The Morgan fingerprint density at radius 1 is 1.37 bits per heavy atom. The summed E-state index contributed by atoms with van der Waals surface area (Å²) in [5.41, 5.74) is 11.8. The van der Waals surface area contributed by atoms with Crippen molar-refractivity contribution >= 4 is 50.5 Å². The number of nitriles is 1. The number of Topliss-reactive ketones (excluding diaryl/α,β-unsaturated/α-hetero) is 1. The van der Waals surface area contributed by atoms with Crippen molar-refractivity contribution in [1.82, 2.24) is 0 Å². The third-order valence-electron chi connectivity index (χ3n) is 5.50. The number of thioether (sulfide) groups is 1. The minimum absolute atomic E-state index is 0.119. The number of rotatable bonds is 4. The van der Waals surface area contributed by atoms with Crippen LogP contribution in [0, 0.1) is 18.3 Å². The summed E-state index contributed by atoms with van der Waals surface area (Å²) >= 11 is 7.05. The van der Waals surface area contributed by atoms with Crippen LogP contribution in [0.5, 0.6) is 0 Å². The minimum atomic E-state index is -0.391. The second-order valence-corrected chi connectivity index (χ2v) is 10.7. The fourth-order valence-corrected chi connectivity index (χ4v) is 6.73. The van der Waals surface area contributed by atoms with Crippen molar-refractivity contribution in [3.63, 3.8) is 0 Å². The standard InChI is InChI=1S/C23H22BrN3OS2/c1-3-29-23-14(9-10-30-23)20-15(12-25)22(26)27(17-5-4-6-19(28)21(17)20)18-11-13(2)7-8-16(18)24/h7-11,20H,3-6,26H2,1-2H3/t20-/m1/s1. The van der Waals surface area contributed by atoms with E-state index in [2.05, 4.69) is 28.9 Å². The molecule has 0 saturated heterocycles. The maximum atomic E-state index is 13.2. The first-order valence-electron chi connectivity index (χ1n) is 9.90. The molecule has 0 radical (unpaired) electrons. The van der Waals surface area contributed by atoms with Crippen LogP contribution in [0.15, 0.2) is 61.0 Å². The van der Waals surface area contributed by atoms with Crippen molar-refractivity contribution in [2.75, 3.05) is 10.7 Å². The molecule has 30 heavy (non-hydrogen) atoms. The van der Waals surface area contributed by atoms with Gasteiger partial charge in [-0.1, -0.05) is 13.0 Å². The van der Waals surface area contributed by atoms with Crippen LogP contribution < -0.4 is 10.6 Å². The molecule has 2 aromatic rings. The van der Waals surface area contributed by atoms with Crippen LogP contribution >= 0.6 is 39.0 Å². The third kappa shape index (κ3) is 3.51. The summed E-state index contributed by atoms with van der Waals surface area (Å²) in [6.07, 6.45) is 2.06. The Kier molecular flexibility index (Phi) is 6.10. The van der Waals surface area contributed by atoms with Gasteiger partial charge in [-0.3, -0.25) is 9.69 Å². The highest BCUT2D eigenvalue weighted by atomic mass is 79.9. The molecule has 0 amide bonds.